The van der Waals surface area contributed by atoms with Gasteiger partial charge in [0.2, 0.25) is 0 Å². The van der Waals surface area contributed by atoms with Crippen LogP contribution in [0.1, 0.15) is 50.6 Å². The second-order valence-corrected chi connectivity index (χ2v) is 5.92. The summed E-state index contributed by atoms with van der Waals surface area (Å²) in [7, 11) is 0. The van der Waals surface area contributed by atoms with Crippen LogP contribution < -0.4 is 0 Å². The average molecular weight is 287 g/mol. The van der Waals surface area contributed by atoms with Gasteiger partial charge in [-0.05, 0) is 42.9 Å². The second kappa shape index (κ2) is 7.36. The molecule has 114 valence electrons. The largest absolute Gasteiger partial charge is 0.390 e. The zero-order valence-corrected chi connectivity index (χ0v) is 13.2. The molecule has 2 aromatic rings. The third kappa shape index (κ3) is 3.91. The van der Waals surface area contributed by atoms with E-state index in [1.165, 1.54) is 18.4 Å². The van der Waals surface area contributed by atoms with Gasteiger partial charge >= 0.3 is 0 Å². The zero-order valence-electron chi connectivity index (χ0n) is 13.2. The van der Waals surface area contributed by atoms with Crippen molar-refractivity contribution in [1.29, 1.82) is 0 Å². The Bertz CT molecular complexity index is 558. The Morgan fingerprint density at radius 2 is 1.90 bits per heavy atom. The van der Waals surface area contributed by atoms with Crippen LogP contribution in [0.25, 0.3) is 5.69 Å². The number of rotatable bonds is 7. The number of aliphatic hydroxyl groups is 1. The summed E-state index contributed by atoms with van der Waals surface area (Å²) in [4.78, 5) is 0. The van der Waals surface area contributed by atoms with Crippen molar-refractivity contribution in [2.24, 2.45) is 5.92 Å². The van der Waals surface area contributed by atoms with Crippen molar-refractivity contribution in [2.45, 2.75) is 53.1 Å². The molecule has 0 radical (unpaired) electrons. The van der Waals surface area contributed by atoms with Crippen LogP contribution in [-0.4, -0.2) is 20.1 Å². The smallest absolute Gasteiger partial charge is 0.112 e. The fourth-order valence-corrected chi connectivity index (χ4v) is 2.44. The highest BCUT2D eigenvalue weighted by molar-refractivity contribution is 5.36. The summed E-state index contributed by atoms with van der Waals surface area (Å²) in [6, 6.07) is 8.49. The predicted molar refractivity (Wildman–Crippen MR) is 84.4 cm³/mol. The van der Waals surface area contributed by atoms with Crippen LogP contribution in [0.2, 0.25) is 0 Å². The number of benzene rings is 1. The number of aliphatic hydroxyl groups excluding tert-OH is 1. The molecule has 0 aliphatic rings. The van der Waals surface area contributed by atoms with E-state index in [1.807, 2.05) is 4.68 Å². The Hall–Kier alpha value is -1.68. The van der Waals surface area contributed by atoms with Gasteiger partial charge in [0.15, 0.2) is 0 Å². The van der Waals surface area contributed by atoms with Crippen LogP contribution in [0.5, 0.6) is 0 Å². The van der Waals surface area contributed by atoms with Gasteiger partial charge in [0.05, 0.1) is 18.0 Å². The fourth-order valence-electron chi connectivity index (χ4n) is 2.44. The van der Waals surface area contributed by atoms with Gasteiger partial charge < -0.3 is 5.11 Å². The molecule has 2 rings (SSSR count). The Morgan fingerprint density at radius 3 is 2.48 bits per heavy atom. The van der Waals surface area contributed by atoms with E-state index in [0.29, 0.717) is 11.6 Å². The molecule has 0 aliphatic heterocycles. The molecular formula is C17H25N3O. The predicted octanol–water partition coefficient (Wildman–Crippen LogP) is 3.30. The molecule has 0 atom stereocenters. The van der Waals surface area contributed by atoms with E-state index in [1.54, 1.807) is 0 Å². The van der Waals surface area contributed by atoms with Crippen LogP contribution >= 0.6 is 0 Å². The molecule has 4 nitrogen and oxygen atoms in total. The highest BCUT2D eigenvalue weighted by atomic mass is 16.3. The number of aryl methyl sites for hydroxylation is 1. The summed E-state index contributed by atoms with van der Waals surface area (Å²) >= 11 is 0. The molecule has 0 spiro atoms. The lowest BCUT2D eigenvalue weighted by molar-refractivity contribution is 0.275. The first-order chi connectivity index (χ1) is 10.2. The highest BCUT2D eigenvalue weighted by Crippen LogP contribution is 2.18. The van der Waals surface area contributed by atoms with E-state index >= 15 is 0 Å². The topological polar surface area (TPSA) is 50.9 Å². The molecule has 0 fully saturated rings. The lowest BCUT2D eigenvalue weighted by atomic mass is 10.1. The van der Waals surface area contributed by atoms with Crippen LogP contribution in [-0.2, 0) is 19.4 Å². The van der Waals surface area contributed by atoms with Crippen LogP contribution in [0, 0.1) is 5.92 Å². The van der Waals surface area contributed by atoms with Gasteiger partial charge in [-0.3, -0.25) is 0 Å². The van der Waals surface area contributed by atoms with Gasteiger partial charge in [-0.1, -0.05) is 44.5 Å². The molecule has 1 N–H and O–H groups in total. The van der Waals surface area contributed by atoms with Gasteiger partial charge in [0.1, 0.15) is 5.69 Å². The highest BCUT2D eigenvalue weighted by Gasteiger charge is 2.14. The first-order valence-electron chi connectivity index (χ1n) is 7.79. The van der Waals surface area contributed by atoms with Crippen LogP contribution in [0.3, 0.4) is 0 Å². The molecule has 0 unspecified atom stereocenters. The third-order valence-electron chi connectivity index (χ3n) is 3.59. The Labute approximate surface area is 126 Å². The molecule has 0 saturated heterocycles. The van der Waals surface area contributed by atoms with E-state index in [9.17, 15) is 5.11 Å². The van der Waals surface area contributed by atoms with Crippen molar-refractivity contribution >= 4 is 0 Å². The summed E-state index contributed by atoms with van der Waals surface area (Å²) in [5.41, 5.74) is 4.05. The molecule has 1 aromatic carbocycles. The maximum absolute atomic E-state index is 9.42. The number of nitrogens with zero attached hydrogens (tertiary/aromatic N) is 3. The summed E-state index contributed by atoms with van der Waals surface area (Å²) in [5, 5.41) is 17.7. The van der Waals surface area contributed by atoms with E-state index in [4.69, 9.17) is 0 Å². The van der Waals surface area contributed by atoms with Gasteiger partial charge in [0.25, 0.3) is 0 Å². The van der Waals surface area contributed by atoms with Gasteiger partial charge in [0, 0.05) is 0 Å². The Morgan fingerprint density at radius 1 is 1.19 bits per heavy atom. The molecule has 0 saturated carbocycles. The Kier molecular flexibility index (Phi) is 5.51. The number of hydrogen-bond donors (Lipinski definition) is 1. The maximum atomic E-state index is 9.42. The minimum atomic E-state index is -0.0589. The summed E-state index contributed by atoms with van der Waals surface area (Å²) in [6.07, 6.45) is 4.41. The zero-order chi connectivity index (χ0) is 15.2. The minimum Gasteiger partial charge on any atom is -0.390 e. The lowest BCUT2D eigenvalue weighted by Crippen LogP contribution is -2.07. The van der Waals surface area contributed by atoms with Crippen LogP contribution in [0.15, 0.2) is 24.3 Å². The lowest BCUT2D eigenvalue weighted by Gasteiger charge is -2.10. The van der Waals surface area contributed by atoms with E-state index in [2.05, 4.69) is 55.3 Å². The fraction of sp³-hybridized carbons (Fsp3) is 0.529. The summed E-state index contributed by atoms with van der Waals surface area (Å²) in [6.45, 7) is 6.47. The molecule has 4 heteroatoms. The quantitative estimate of drug-likeness (QED) is 0.850. The second-order valence-electron chi connectivity index (χ2n) is 5.92. The molecule has 0 aliphatic carbocycles. The van der Waals surface area contributed by atoms with Gasteiger partial charge in [-0.15, -0.1) is 5.10 Å². The van der Waals surface area contributed by atoms with E-state index in [-0.39, 0.29) is 6.61 Å². The molecule has 1 heterocycles. The van der Waals surface area contributed by atoms with Crippen molar-refractivity contribution in [3.8, 4) is 5.69 Å². The number of aromatic nitrogens is 3. The molecule has 21 heavy (non-hydrogen) atoms. The van der Waals surface area contributed by atoms with Gasteiger partial charge in [-0.25, -0.2) is 4.68 Å². The maximum Gasteiger partial charge on any atom is 0.112 e. The standard InChI is InChI=1S/C17H25N3O/c1-4-5-6-14-7-9-15(10-8-14)20-17(11-13(2)3)16(12-21)18-19-20/h7-10,13,21H,4-6,11-12H2,1-3H3. The first-order valence-corrected chi connectivity index (χ1v) is 7.79. The van der Waals surface area contributed by atoms with Crippen molar-refractivity contribution in [3.63, 3.8) is 0 Å². The normalized spacial score (nSPS) is 11.3. The Balaban J connectivity index is 2.26. The first kappa shape index (κ1) is 15.7. The number of hydrogen-bond acceptors (Lipinski definition) is 3. The van der Waals surface area contributed by atoms with Crippen molar-refractivity contribution in [2.75, 3.05) is 0 Å². The third-order valence-corrected chi connectivity index (χ3v) is 3.59. The molecule has 0 amide bonds. The summed E-state index contributed by atoms with van der Waals surface area (Å²) in [5.74, 6) is 0.497. The summed E-state index contributed by atoms with van der Waals surface area (Å²) < 4.78 is 1.86. The van der Waals surface area contributed by atoms with E-state index in [0.717, 1.165) is 24.2 Å². The molecular weight excluding hydrogens is 262 g/mol. The van der Waals surface area contributed by atoms with E-state index < -0.39 is 0 Å². The molecule has 0 bridgehead atoms. The molecule has 1 aromatic heterocycles. The van der Waals surface area contributed by atoms with Crippen molar-refractivity contribution in [3.05, 3.63) is 41.2 Å². The van der Waals surface area contributed by atoms with Crippen molar-refractivity contribution in [1.82, 2.24) is 15.0 Å². The van der Waals surface area contributed by atoms with Crippen LogP contribution in [0.4, 0.5) is 0 Å². The van der Waals surface area contributed by atoms with Gasteiger partial charge in [-0.2, -0.15) is 0 Å². The van der Waals surface area contributed by atoms with Crippen molar-refractivity contribution < 1.29 is 5.11 Å². The monoisotopic (exact) mass is 287 g/mol. The average Bonchev–Trinajstić information content (AvgIpc) is 2.87. The SMILES string of the molecule is CCCCc1ccc(-n2nnc(CO)c2CC(C)C)cc1. The minimum absolute atomic E-state index is 0.0589. The number of unbranched alkanes of at least 4 members (excludes halogenated alkanes) is 1.